The molecule has 2 aromatic rings. The highest BCUT2D eigenvalue weighted by Crippen LogP contribution is 2.31. The van der Waals surface area contributed by atoms with Gasteiger partial charge >= 0.3 is 0 Å². The summed E-state index contributed by atoms with van der Waals surface area (Å²) in [6, 6.07) is 4.89. The van der Waals surface area contributed by atoms with Crippen LogP contribution >= 0.6 is 11.6 Å². The van der Waals surface area contributed by atoms with Crippen LogP contribution < -0.4 is 10.3 Å². The molecule has 0 amide bonds. The first-order chi connectivity index (χ1) is 9.02. The van der Waals surface area contributed by atoms with Gasteiger partial charge in [-0.05, 0) is 19.1 Å². The van der Waals surface area contributed by atoms with E-state index in [-0.39, 0.29) is 16.5 Å². The van der Waals surface area contributed by atoms with Crippen molar-refractivity contribution in [1.29, 1.82) is 5.26 Å². The predicted molar refractivity (Wildman–Crippen MR) is 67.5 cm³/mol. The minimum absolute atomic E-state index is 0.206. The predicted octanol–water partition coefficient (Wildman–Crippen LogP) is 2.10. The van der Waals surface area contributed by atoms with Crippen LogP contribution in [0.25, 0.3) is 0 Å². The maximum atomic E-state index is 11.5. The molecule has 0 fully saturated rings. The van der Waals surface area contributed by atoms with E-state index >= 15 is 0 Å². The van der Waals surface area contributed by atoms with Crippen molar-refractivity contribution in [3.05, 3.63) is 45.0 Å². The lowest BCUT2D eigenvalue weighted by molar-refractivity contribution is 0.388. The van der Waals surface area contributed by atoms with Crippen molar-refractivity contribution in [2.45, 2.75) is 6.92 Å². The van der Waals surface area contributed by atoms with Crippen LogP contribution in [0.4, 0.5) is 0 Å². The molecule has 0 unspecified atom stereocenters. The monoisotopic (exact) mass is 277 g/mol. The van der Waals surface area contributed by atoms with Crippen molar-refractivity contribution in [2.24, 2.45) is 0 Å². The van der Waals surface area contributed by atoms with Crippen molar-refractivity contribution in [3.8, 4) is 23.4 Å². The number of ether oxygens (including phenoxy) is 1. The average molecular weight is 278 g/mol. The van der Waals surface area contributed by atoms with Crippen molar-refractivity contribution >= 4 is 11.6 Å². The third kappa shape index (κ3) is 2.51. The molecule has 0 aliphatic carbocycles. The van der Waals surface area contributed by atoms with Gasteiger partial charge in [0.2, 0.25) is 0 Å². The number of H-pyrrole nitrogens is 1. The molecular formula is C12H8ClN3O3. The van der Waals surface area contributed by atoms with Crippen LogP contribution in [0.2, 0.25) is 5.02 Å². The first-order valence-corrected chi connectivity index (χ1v) is 5.55. The minimum atomic E-state index is -0.634. The van der Waals surface area contributed by atoms with Gasteiger partial charge in [0.15, 0.2) is 0 Å². The van der Waals surface area contributed by atoms with E-state index in [1.165, 1.54) is 12.1 Å². The van der Waals surface area contributed by atoms with Crippen LogP contribution in [0.5, 0.6) is 17.4 Å². The topological polar surface area (TPSA) is 99.0 Å². The number of hydrogen-bond donors (Lipinski definition) is 2. The molecular weight excluding hydrogens is 270 g/mol. The highest BCUT2D eigenvalue weighted by Gasteiger charge is 2.14. The van der Waals surface area contributed by atoms with Crippen LogP contribution in [0.3, 0.4) is 0 Å². The first-order valence-electron chi connectivity index (χ1n) is 5.17. The molecule has 0 aliphatic heterocycles. The molecule has 0 saturated carbocycles. The van der Waals surface area contributed by atoms with Crippen LogP contribution in [-0.4, -0.2) is 15.1 Å². The molecule has 2 N–H and O–H groups in total. The second-order valence-corrected chi connectivity index (χ2v) is 4.11. The summed E-state index contributed by atoms with van der Waals surface area (Å²) in [4.78, 5) is 17.3. The molecule has 0 saturated heterocycles. The molecule has 0 spiro atoms. The maximum absolute atomic E-state index is 11.5. The van der Waals surface area contributed by atoms with E-state index in [2.05, 4.69) is 9.97 Å². The highest BCUT2D eigenvalue weighted by molar-refractivity contribution is 6.30. The second-order valence-electron chi connectivity index (χ2n) is 3.67. The lowest BCUT2D eigenvalue weighted by Gasteiger charge is -2.10. The Morgan fingerprint density at radius 2 is 2.26 bits per heavy atom. The first kappa shape index (κ1) is 12.9. The molecule has 0 radical (unpaired) electrons. The Balaban J connectivity index is 2.54. The number of nitriles is 1. The number of rotatable bonds is 2. The van der Waals surface area contributed by atoms with E-state index in [0.29, 0.717) is 11.1 Å². The Labute approximate surface area is 112 Å². The third-order valence-corrected chi connectivity index (χ3v) is 2.67. The molecule has 19 heavy (non-hydrogen) atoms. The average Bonchev–Trinajstić information content (AvgIpc) is 2.37. The van der Waals surface area contributed by atoms with Crippen molar-refractivity contribution in [3.63, 3.8) is 0 Å². The fourth-order valence-electron chi connectivity index (χ4n) is 1.46. The molecule has 1 aromatic heterocycles. The van der Waals surface area contributed by atoms with Gasteiger partial charge in [-0.2, -0.15) is 5.26 Å². The van der Waals surface area contributed by atoms with Gasteiger partial charge in [-0.3, -0.25) is 4.79 Å². The molecule has 2 rings (SSSR count). The Hall–Kier alpha value is -2.52. The molecule has 0 atom stereocenters. The summed E-state index contributed by atoms with van der Waals surface area (Å²) in [5, 5.41) is 18.7. The Morgan fingerprint density at radius 3 is 2.89 bits per heavy atom. The summed E-state index contributed by atoms with van der Waals surface area (Å²) < 4.78 is 5.30. The number of benzene rings is 1. The van der Waals surface area contributed by atoms with Crippen LogP contribution in [0.15, 0.2) is 23.3 Å². The molecule has 1 aromatic carbocycles. The Bertz CT molecular complexity index is 734. The molecule has 1 heterocycles. The van der Waals surface area contributed by atoms with Crippen LogP contribution in [-0.2, 0) is 0 Å². The van der Waals surface area contributed by atoms with Gasteiger partial charge in [0, 0.05) is 10.6 Å². The SMILES string of the molecule is Cc1c(C#N)cc(Cl)cc1Oc1c(O)nc[nH]c1=O. The van der Waals surface area contributed by atoms with Gasteiger partial charge in [0.1, 0.15) is 5.75 Å². The normalized spacial score (nSPS) is 9.95. The van der Waals surface area contributed by atoms with Gasteiger partial charge < -0.3 is 14.8 Å². The number of nitrogens with zero attached hydrogens (tertiary/aromatic N) is 2. The Kier molecular flexibility index (Phi) is 3.40. The lowest BCUT2D eigenvalue weighted by atomic mass is 10.1. The lowest BCUT2D eigenvalue weighted by Crippen LogP contribution is -2.09. The molecule has 0 bridgehead atoms. The molecule has 7 heteroatoms. The number of halogens is 1. The second kappa shape index (κ2) is 5.00. The number of aromatic nitrogens is 2. The highest BCUT2D eigenvalue weighted by atomic mass is 35.5. The van der Waals surface area contributed by atoms with E-state index in [1.807, 2.05) is 6.07 Å². The fraction of sp³-hybridized carbons (Fsp3) is 0.0833. The van der Waals surface area contributed by atoms with Crippen LogP contribution in [0, 0.1) is 18.3 Å². The third-order valence-electron chi connectivity index (χ3n) is 2.45. The number of hydrogen-bond acceptors (Lipinski definition) is 5. The number of aromatic amines is 1. The minimum Gasteiger partial charge on any atom is -0.490 e. The van der Waals surface area contributed by atoms with E-state index in [1.54, 1.807) is 6.92 Å². The van der Waals surface area contributed by atoms with E-state index in [0.717, 1.165) is 6.33 Å². The van der Waals surface area contributed by atoms with Crippen molar-refractivity contribution < 1.29 is 9.84 Å². The maximum Gasteiger partial charge on any atom is 0.297 e. The summed E-state index contributed by atoms with van der Waals surface area (Å²) in [5.41, 5.74) is 0.197. The van der Waals surface area contributed by atoms with Crippen molar-refractivity contribution in [1.82, 2.24) is 9.97 Å². The zero-order valence-corrected chi connectivity index (χ0v) is 10.5. The van der Waals surface area contributed by atoms with E-state index in [4.69, 9.17) is 21.6 Å². The Morgan fingerprint density at radius 1 is 1.53 bits per heavy atom. The number of nitrogens with one attached hydrogen (secondary N) is 1. The molecule has 0 aliphatic rings. The molecule has 96 valence electrons. The summed E-state index contributed by atoms with van der Waals surface area (Å²) in [5.74, 6) is -0.684. The quantitative estimate of drug-likeness (QED) is 0.876. The standard InChI is InChI=1S/C12H8ClN3O3/c1-6-7(4-14)2-8(13)3-9(6)19-10-11(17)15-5-16-12(10)18/h2-3,5H,1H3,(H2,15,16,17,18). The van der Waals surface area contributed by atoms with E-state index < -0.39 is 11.4 Å². The largest absolute Gasteiger partial charge is 0.490 e. The zero-order valence-electron chi connectivity index (χ0n) is 9.77. The zero-order chi connectivity index (χ0) is 14.0. The summed E-state index contributed by atoms with van der Waals surface area (Å²) in [7, 11) is 0. The summed E-state index contributed by atoms with van der Waals surface area (Å²) in [6.07, 6.45) is 1.05. The van der Waals surface area contributed by atoms with Crippen LogP contribution in [0.1, 0.15) is 11.1 Å². The van der Waals surface area contributed by atoms with Gasteiger partial charge in [0.25, 0.3) is 17.2 Å². The smallest absolute Gasteiger partial charge is 0.297 e. The summed E-state index contributed by atoms with van der Waals surface area (Å²) in [6.45, 7) is 1.64. The van der Waals surface area contributed by atoms with Gasteiger partial charge in [-0.1, -0.05) is 11.6 Å². The van der Waals surface area contributed by atoms with Gasteiger partial charge in [-0.15, -0.1) is 0 Å². The fourth-order valence-corrected chi connectivity index (χ4v) is 1.66. The van der Waals surface area contributed by atoms with Crippen molar-refractivity contribution in [2.75, 3.05) is 0 Å². The van der Waals surface area contributed by atoms with Gasteiger partial charge in [-0.25, -0.2) is 4.98 Å². The summed E-state index contributed by atoms with van der Waals surface area (Å²) >= 11 is 5.85. The van der Waals surface area contributed by atoms with E-state index in [9.17, 15) is 9.90 Å². The van der Waals surface area contributed by atoms with Gasteiger partial charge in [0.05, 0.1) is 18.0 Å². The molecule has 6 nitrogen and oxygen atoms in total. The number of aromatic hydroxyl groups is 1.